The smallest absolute Gasteiger partial charge is 0.104 e. The first kappa shape index (κ1) is 10.3. The molecule has 2 aliphatic rings. The van der Waals surface area contributed by atoms with Gasteiger partial charge in [-0.1, -0.05) is 0 Å². The molecule has 0 amide bonds. The van der Waals surface area contributed by atoms with Gasteiger partial charge in [-0.15, -0.1) is 11.3 Å². The van der Waals surface area contributed by atoms with Crippen molar-refractivity contribution in [2.45, 2.75) is 18.8 Å². The van der Waals surface area contributed by atoms with Gasteiger partial charge in [-0.2, -0.15) is 0 Å². The number of aromatic nitrogens is 1. The van der Waals surface area contributed by atoms with Crippen LogP contribution in [0.4, 0.5) is 5.69 Å². The largest absolute Gasteiger partial charge is 0.297 e. The van der Waals surface area contributed by atoms with Crippen molar-refractivity contribution in [3.05, 3.63) is 23.2 Å². The Morgan fingerprint density at radius 1 is 1.33 bits per heavy atom. The summed E-state index contributed by atoms with van der Waals surface area (Å²) in [4.78, 5) is 8.77. The molecule has 1 fully saturated rings. The molecule has 1 saturated carbocycles. The van der Waals surface area contributed by atoms with Crippen LogP contribution >= 0.6 is 11.3 Å². The van der Waals surface area contributed by atoms with E-state index in [9.17, 15) is 0 Å². The number of hydrogen-bond acceptors (Lipinski definition) is 5. The highest BCUT2D eigenvalue weighted by atomic mass is 32.1. The van der Waals surface area contributed by atoms with Gasteiger partial charge in [0.25, 0.3) is 0 Å². The maximum Gasteiger partial charge on any atom is 0.104 e. The maximum atomic E-state index is 4.54. The lowest BCUT2D eigenvalue weighted by Crippen LogP contribution is -2.27. The van der Waals surface area contributed by atoms with Gasteiger partial charge in [0.05, 0.1) is 34.5 Å². The Balaban J connectivity index is 1.78. The fraction of sp³-hybridized carbons (Fsp3) is 0.385. The Kier molecular flexibility index (Phi) is 2.26. The summed E-state index contributed by atoms with van der Waals surface area (Å²) in [5.41, 5.74) is 9.18. The number of aliphatic imine (C=N–C) groups is 1. The summed E-state index contributed by atoms with van der Waals surface area (Å²) in [6.07, 6.45) is 4.46. The van der Waals surface area contributed by atoms with E-state index in [1.165, 1.54) is 34.3 Å². The number of rotatable bonds is 3. The summed E-state index contributed by atoms with van der Waals surface area (Å²) < 4.78 is 1.29. The Morgan fingerprint density at radius 3 is 3.06 bits per heavy atom. The van der Waals surface area contributed by atoms with E-state index < -0.39 is 0 Å². The molecule has 0 bridgehead atoms. The molecule has 2 heterocycles. The number of hydrazine groups is 1. The standard InChI is InChI=1S/C13H14N4S/c1-2-9(1)12-10(16-17-6-5-14-7-17)3-4-11-13(12)15-8-18-11/h3-4,7-9,16H,1-2,5-6H2. The van der Waals surface area contributed by atoms with Crippen LogP contribution in [0.3, 0.4) is 0 Å². The third kappa shape index (κ3) is 1.66. The lowest BCUT2D eigenvalue weighted by atomic mass is 10.1. The van der Waals surface area contributed by atoms with Crippen molar-refractivity contribution in [1.29, 1.82) is 0 Å². The molecule has 1 N–H and O–H groups in total. The molecule has 0 radical (unpaired) electrons. The average Bonchev–Trinajstić information content (AvgIpc) is 2.90. The molecular weight excluding hydrogens is 244 g/mol. The summed E-state index contributed by atoms with van der Waals surface area (Å²) in [6, 6.07) is 4.34. The molecule has 4 nitrogen and oxygen atoms in total. The van der Waals surface area contributed by atoms with Crippen LogP contribution in [-0.4, -0.2) is 29.4 Å². The molecule has 2 aromatic rings. The molecule has 0 atom stereocenters. The lowest BCUT2D eigenvalue weighted by Gasteiger charge is -2.19. The van der Waals surface area contributed by atoms with Gasteiger partial charge in [-0.3, -0.25) is 15.4 Å². The highest BCUT2D eigenvalue weighted by Gasteiger charge is 2.29. The van der Waals surface area contributed by atoms with Crippen molar-refractivity contribution in [1.82, 2.24) is 9.99 Å². The number of nitrogens with one attached hydrogen (secondary N) is 1. The number of nitrogens with zero attached hydrogens (tertiary/aromatic N) is 3. The molecular formula is C13H14N4S. The molecule has 0 saturated heterocycles. The summed E-state index contributed by atoms with van der Waals surface area (Å²) in [6.45, 7) is 1.82. The monoisotopic (exact) mass is 258 g/mol. The highest BCUT2D eigenvalue weighted by molar-refractivity contribution is 7.16. The summed E-state index contributed by atoms with van der Waals surface area (Å²) in [7, 11) is 0. The fourth-order valence-electron chi connectivity index (χ4n) is 2.45. The van der Waals surface area contributed by atoms with Crippen molar-refractivity contribution in [2.24, 2.45) is 4.99 Å². The molecule has 92 valence electrons. The van der Waals surface area contributed by atoms with Gasteiger partial charge in [-0.05, 0) is 30.9 Å². The van der Waals surface area contributed by atoms with E-state index >= 15 is 0 Å². The predicted molar refractivity (Wildman–Crippen MR) is 75.3 cm³/mol. The zero-order chi connectivity index (χ0) is 11.9. The number of thiazole rings is 1. The van der Waals surface area contributed by atoms with E-state index in [0.717, 1.165) is 13.1 Å². The highest BCUT2D eigenvalue weighted by Crippen LogP contribution is 2.46. The first-order valence-corrected chi connectivity index (χ1v) is 7.19. The topological polar surface area (TPSA) is 40.5 Å². The third-order valence-corrected chi connectivity index (χ3v) is 4.28. The molecule has 5 heteroatoms. The number of fused-ring (bicyclic) bond motifs is 1. The van der Waals surface area contributed by atoms with E-state index in [2.05, 4.69) is 32.5 Å². The van der Waals surface area contributed by atoms with Crippen LogP contribution in [0.2, 0.25) is 0 Å². The Labute approximate surface area is 109 Å². The Bertz CT molecular complexity index is 614. The molecule has 1 aliphatic carbocycles. The van der Waals surface area contributed by atoms with Gasteiger partial charge < -0.3 is 0 Å². The third-order valence-electron chi connectivity index (χ3n) is 3.48. The number of hydrogen-bond donors (Lipinski definition) is 1. The fourth-order valence-corrected chi connectivity index (χ4v) is 3.15. The summed E-state index contributed by atoms with van der Waals surface area (Å²) >= 11 is 1.72. The van der Waals surface area contributed by atoms with E-state index in [-0.39, 0.29) is 0 Å². The predicted octanol–water partition coefficient (Wildman–Crippen LogP) is 2.84. The van der Waals surface area contributed by atoms with Gasteiger partial charge in [0, 0.05) is 5.56 Å². The zero-order valence-electron chi connectivity index (χ0n) is 9.97. The quantitative estimate of drug-likeness (QED) is 0.920. The Morgan fingerprint density at radius 2 is 2.28 bits per heavy atom. The first-order chi connectivity index (χ1) is 8.92. The minimum Gasteiger partial charge on any atom is -0.297 e. The second kappa shape index (κ2) is 3.95. The van der Waals surface area contributed by atoms with Crippen molar-refractivity contribution in [3.63, 3.8) is 0 Å². The lowest BCUT2D eigenvalue weighted by molar-refractivity contribution is 0.556. The van der Waals surface area contributed by atoms with E-state index in [0.29, 0.717) is 5.92 Å². The van der Waals surface area contributed by atoms with E-state index in [4.69, 9.17) is 0 Å². The molecule has 4 rings (SSSR count). The first-order valence-electron chi connectivity index (χ1n) is 6.31. The van der Waals surface area contributed by atoms with Gasteiger partial charge in [-0.25, -0.2) is 4.98 Å². The second-order valence-electron chi connectivity index (χ2n) is 4.83. The van der Waals surface area contributed by atoms with Gasteiger partial charge in [0.15, 0.2) is 0 Å². The van der Waals surface area contributed by atoms with E-state index in [1.807, 2.05) is 11.8 Å². The van der Waals surface area contributed by atoms with Crippen LogP contribution in [0.5, 0.6) is 0 Å². The zero-order valence-corrected chi connectivity index (χ0v) is 10.8. The van der Waals surface area contributed by atoms with Gasteiger partial charge >= 0.3 is 0 Å². The van der Waals surface area contributed by atoms with Gasteiger partial charge in [0.1, 0.15) is 6.34 Å². The minimum absolute atomic E-state index is 0.692. The van der Waals surface area contributed by atoms with Crippen molar-refractivity contribution >= 4 is 33.6 Å². The van der Waals surface area contributed by atoms with Crippen molar-refractivity contribution in [2.75, 3.05) is 18.5 Å². The second-order valence-corrected chi connectivity index (χ2v) is 5.71. The molecule has 0 unspecified atom stereocenters. The molecule has 1 aliphatic heterocycles. The minimum atomic E-state index is 0.692. The van der Waals surface area contributed by atoms with Gasteiger partial charge in [0.2, 0.25) is 0 Å². The SMILES string of the molecule is C1=NCCN1Nc1ccc2scnc2c1C1CC1. The normalized spacial score (nSPS) is 18.8. The molecule has 0 spiro atoms. The van der Waals surface area contributed by atoms with Crippen LogP contribution < -0.4 is 5.43 Å². The maximum absolute atomic E-state index is 4.54. The number of benzene rings is 1. The number of anilines is 1. The molecule has 1 aromatic carbocycles. The molecule has 1 aromatic heterocycles. The Hall–Kier alpha value is -1.62. The van der Waals surface area contributed by atoms with E-state index in [1.54, 1.807) is 11.3 Å². The van der Waals surface area contributed by atoms with Crippen molar-refractivity contribution in [3.8, 4) is 0 Å². The van der Waals surface area contributed by atoms with Crippen LogP contribution in [0.1, 0.15) is 24.3 Å². The van der Waals surface area contributed by atoms with Crippen LogP contribution in [-0.2, 0) is 0 Å². The van der Waals surface area contributed by atoms with Crippen molar-refractivity contribution < 1.29 is 0 Å². The summed E-state index contributed by atoms with van der Waals surface area (Å²) in [5, 5.41) is 2.05. The summed E-state index contributed by atoms with van der Waals surface area (Å²) in [5.74, 6) is 0.692. The van der Waals surface area contributed by atoms with Crippen LogP contribution in [0.15, 0.2) is 22.6 Å². The van der Waals surface area contributed by atoms with Crippen LogP contribution in [0.25, 0.3) is 10.2 Å². The molecule has 18 heavy (non-hydrogen) atoms. The average molecular weight is 258 g/mol. The van der Waals surface area contributed by atoms with Crippen LogP contribution in [0, 0.1) is 0 Å².